The molecule has 0 bridgehead atoms. The molecule has 1 aromatic heterocycles. The molecule has 4 nitrogen and oxygen atoms in total. The van der Waals surface area contributed by atoms with Crippen molar-refractivity contribution < 1.29 is 4.74 Å². The zero-order valence-electron chi connectivity index (χ0n) is 11.3. The third-order valence-electron chi connectivity index (χ3n) is 3.40. The number of hydrogen-bond donors (Lipinski definition) is 1. The van der Waals surface area contributed by atoms with Crippen molar-refractivity contribution in [1.29, 1.82) is 0 Å². The molecule has 1 N–H and O–H groups in total. The van der Waals surface area contributed by atoms with Crippen molar-refractivity contribution in [3.05, 3.63) is 16.6 Å². The summed E-state index contributed by atoms with van der Waals surface area (Å²) in [6.45, 7) is 6.97. The first kappa shape index (κ1) is 13.9. The van der Waals surface area contributed by atoms with Gasteiger partial charge in [0.1, 0.15) is 0 Å². The van der Waals surface area contributed by atoms with Gasteiger partial charge in [0.05, 0.1) is 17.8 Å². The van der Waals surface area contributed by atoms with E-state index in [-0.39, 0.29) is 0 Å². The molecule has 1 fully saturated rings. The molecule has 2 unspecified atom stereocenters. The molecule has 2 rings (SSSR count). The van der Waals surface area contributed by atoms with Crippen molar-refractivity contribution in [2.75, 3.05) is 33.4 Å². The van der Waals surface area contributed by atoms with Gasteiger partial charge >= 0.3 is 0 Å². The molecule has 2 heterocycles. The number of rotatable bonds is 6. The molecule has 0 saturated carbocycles. The maximum absolute atomic E-state index is 5.61. The molecular weight excluding hydrogens is 246 g/mol. The summed E-state index contributed by atoms with van der Waals surface area (Å²) in [4.78, 5) is 6.68. The molecule has 1 aliphatic heterocycles. The van der Waals surface area contributed by atoms with E-state index >= 15 is 0 Å². The van der Waals surface area contributed by atoms with E-state index < -0.39 is 0 Å². The van der Waals surface area contributed by atoms with Gasteiger partial charge in [0, 0.05) is 37.0 Å². The molecule has 0 radical (unpaired) electrons. The average Bonchev–Trinajstić information content (AvgIpc) is 2.84. The molecular formula is C13H23N3OS. The van der Waals surface area contributed by atoms with Crippen molar-refractivity contribution in [3.63, 3.8) is 0 Å². The number of thiazole rings is 1. The minimum absolute atomic E-state index is 0.585. The van der Waals surface area contributed by atoms with Crippen molar-refractivity contribution in [2.45, 2.75) is 25.9 Å². The van der Waals surface area contributed by atoms with Crippen molar-refractivity contribution in [1.82, 2.24) is 15.2 Å². The lowest BCUT2D eigenvalue weighted by Gasteiger charge is -2.34. The zero-order chi connectivity index (χ0) is 12.8. The highest BCUT2D eigenvalue weighted by atomic mass is 32.1. The van der Waals surface area contributed by atoms with Gasteiger partial charge in [-0.2, -0.15) is 0 Å². The second-order valence-corrected chi connectivity index (χ2v) is 5.68. The van der Waals surface area contributed by atoms with Crippen LogP contribution in [0.1, 0.15) is 19.0 Å². The van der Waals surface area contributed by atoms with Gasteiger partial charge in [-0.3, -0.25) is 0 Å². The summed E-state index contributed by atoms with van der Waals surface area (Å²) in [6, 6.07) is 0.599. The van der Waals surface area contributed by atoms with E-state index in [9.17, 15) is 0 Å². The highest BCUT2D eigenvalue weighted by Crippen LogP contribution is 2.16. The summed E-state index contributed by atoms with van der Waals surface area (Å²) in [7, 11) is 2.16. The molecule has 0 spiro atoms. The Hall–Kier alpha value is -0.490. The van der Waals surface area contributed by atoms with Crippen LogP contribution in [0.2, 0.25) is 0 Å². The highest BCUT2D eigenvalue weighted by molar-refractivity contribution is 7.07. The second-order valence-electron chi connectivity index (χ2n) is 4.96. The molecule has 0 aromatic carbocycles. The first-order chi connectivity index (χ1) is 8.79. The Kier molecular flexibility index (Phi) is 5.56. The van der Waals surface area contributed by atoms with Crippen molar-refractivity contribution in [2.24, 2.45) is 5.92 Å². The lowest BCUT2D eigenvalue weighted by atomic mass is 9.95. The molecule has 0 aliphatic carbocycles. The number of nitrogens with zero attached hydrogens (tertiary/aromatic N) is 2. The van der Waals surface area contributed by atoms with E-state index in [4.69, 9.17) is 4.74 Å². The fourth-order valence-corrected chi connectivity index (χ4v) is 3.11. The summed E-state index contributed by atoms with van der Waals surface area (Å²) >= 11 is 1.66. The number of ether oxygens (including phenoxy) is 1. The third kappa shape index (κ3) is 4.02. The second kappa shape index (κ2) is 7.19. The van der Waals surface area contributed by atoms with Crippen LogP contribution in [0.3, 0.4) is 0 Å². The molecule has 102 valence electrons. The minimum atomic E-state index is 0.585. The summed E-state index contributed by atoms with van der Waals surface area (Å²) in [6.07, 6.45) is 1.13. The molecule has 1 saturated heterocycles. The maximum Gasteiger partial charge on any atom is 0.0795 e. The zero-order valence-corrected chi connectivity index (χ0v) is 12.1. The largest absolute Gasteiger partial charge is 0.381 e. The van der Waals surface area contributed by atoms with Crippen LogP contribution in [0.4, 0.5) is 0 Å². The summed E-state index contributed by atoms with van der Waals surface area (Å²) in [5.41, 5.74) is 3.06. The highest BCUT2D eigenvalue weighted by Gasteiger charge is 2.26. The average molecular weight is 269 g/mol. The van der Waals surface area contributed by atoms with E-state index in [1.165, 1.54) is 5.69 Å². The van der Waals surface area contributed by atoms with Crippen LogP contribution in [0.5, 0.6) is 0 Å². The first-order valence-corrected chi connectivity index (χ1v) is 7.60. The van der Waals surface area contributed by atoms with Crippen LogP contribution in [-0.2, 0) is 11.3 Å². The Labute approximate surface area is 113 Å². The normalized spacial score (nSPS) is 24.6. The van der Waals surface area contributed by atoms with Crippen molar-refractivity contribution in [3.8, 4) is 0 Å². The van der Waals surface area contributed by atoms with Gasteiger partial charge in [0.15, 0.2) is 0 Å². The lowest BCUT2D eigenvalue weighted by Crippen LogP contribution is -2.47. The molecule has 18 heavy (non-hydrogen) atoms. The van der Waals surface area contributed by atoms with E-state index in [1.54, 1.807) is 11.3 Å². The Balaban J connectivity index is 1.82. The number of aromatic nitrogens is 1. The summed E-state index contributed by atoms with van der Waals surface area (Å²) in [5, 5.41) is 5.70. The van der Waals surface area contributed by atoms with E-state index in [2.05, 4.69) is 34.6 Å². The Bertz CT molecular complexity index is 329. The summed E-state index contributed by atoms with van der Waals surface area (Å²) in [5.74, 6) is 0.585. The summed E-state index contributed by atoms with van der Waals surface area (Å²) < 4.78 is 5.61. The monoisotopic (exact) mass is 269 g/mol. The van der Waals surface area contributed by atoms with Crippen LogP contribution in [0.25, 0.3) is 0 Å². The quantitative estimate of drug-likeness (QED) is 0.851. The van der Waals surface area contributed by atoms with Gasteiger partial charge in [0.2, 0.25) is 0 Å². The fourth-order valence-electron chi connectivity index (χ4n) is 2.56. The number of nitrogens with one attached hydrogen (secondary N) is 1. The van der Waals surface area contributed by atoms with Gasteiger partial charge in [-0.25, -0.2) is 4.98 Å². The minimum Gasteiger partial charge on any atom is -0.381 e. The predicted octanol–water partition coefficient (Wildman–Crippen LogP) is 1.59. The van der Waals surface area contributed by atoms with Crippen LogP contribution in [0.15, 0.2) is 10.9 Å². The Morgan fingerprint density at radius 2 is 2.50 bits per heavy atom. The molecule has 1 aliphatic rings. The third-order valence-corrected chi connectivity index (χ3v) is 4.04. The van der Waals surface area contributed by atoms with Crippen LogP contribution in [-0.4, -0.2) is 49.3 Å². The van der Waals surface area contributed by atoms with E-state index in [1.807, 2.05) is 5.51 Å². The topological polar surface area (TPSA) is 37.4 Å². The Morgan fingerprint density at radius 3 is 3.22 bits per heavy atom. The van der Waals surface area contributed by atoms with E-state index in [0.717, 1.165) is 39.3 Å². The van der Waals surface area contributed by atoms with Crippen LogP contribution >= 0.6 is 11.3 Å². The Morgan fingerprint density at radius 1 is 1.61 bits per heavy atom. The predicted molar refractivity (Wildman–Crippen MR) is 74.8 cm³/mol. The van der Waals surface area contributed by atoms with Crippen LogP contribution < -0.4 is 5.32 Å². The lowest BCUT2D eigenvalue weighted by molar-refractivity contribution is 0.0192. The van der Waals surface area contributed by atoms with Crippen molar-refractivity contribution >= 4 is 11.3 Å². The SMILES string of the molecule is CCNC1CCOCC1CN(C)Cc1cscn1. The van der Waals surface area contributed by atoms with Gasteiger partial charge in [-0.1, -0.05) is 6.92 Å². The number of hydrogen-bond acceptors (Lipinski definition) is 5. The maximum atomic E-state index is 5.61. The van der Waals surface area contributed by atoms with Gasteiger partial charge in [0.25, 0.3) is 0 Å². The van der Waals surface area contributed by atoms with E-state index in [0.29, 0.717) is 12.0 Å². The van der Waals surface area contributed by atoms with Crippen LogP contribution in [0, 0.1) is 5.92 Å². The fraction of sp³-hybridized carbons (Fsp3) is 0.769. The van der Waals surface area contributed by atoms with Gasteiger partial charge in [-0.15, -0.1) is 11.3 Å². The first-order valence-electron chi connectivity index (χ1n) is 6.66. The molecule has 0 amide bonds. The standard InChI is InChI=1S/C13H23N3OS/c1-3-14-13-4-5-17-8-11(13)6-16(2)7-12-9-18-10-15-12/h9-11,13-14H,3-8H2,1-2H3. The van der Waals surface area contributed by atoms with Gasteiger partial charge in [-0.05, 0) is 20.0 Å². The molecule has 1 aromatic rings. The molecule has 5 heteroatoms. The molecule has 2 atom stereocenters. The van der Waals surface area contributed by atoms with Gasteiger partial charge < -0.3 is 15.0 Å². The smallest absolute Gasteiger partial charge is 0.0795 e.